The number of rotatable bonds is 6. The third-order valence-corrected chi connectivity index (χ3v) is 5.40. The van der Waals surface area contributed by atoms with Crippen LogP contribution in [0.4, 0.5) is 5.69 Å². The summed E-state index contributed by atoms with van der Waals surface area (Å²) >= 11 is 1.42. The lowest BCUT2D eigenvalue weighted by Crippen LogP contribution is -2.23. The minimum atomic E-state index is -0.296. The molecule has 0 radical (unpaired) electrons. The van der Waals surface area contributed by atoms with E-state index in [-0.39, 0.29) is 11.2 Å². The van der Waals surface area contributed by atoms with E-state index >= 15 is 0 Å². The molecule has 5 nitrogen and oxygen atoms in total. The maximum Gasteiger partial charge on any atom is 0.237 e. The van der Waals surface area contributed by atoms with E-state index in [1.54, 1.807) is 13.3 Å². The van der Waals surface area contributed by atoms with Crippen molar-refractivity contribution in [3.63, 3.8) is 0 Å². The first-order valence-electron chi connectivity index (χ1n) is 8.71. The quantitative estimate of drug-likeness (QED) is 0.633. The first-order valence-corrected chi connectivity index (χ1v) is 9.59. The maximum absolute atomic E-state index is 12.7. The molecule has 3 aromatic rings. The van der Waals surface area contributed by atoms with Gasteiger partial charge >= 0.3 is 0 Å². The van der Waals surface area contributed by atoms with Crippen LogP contribution in [0.2, 0.25) is 0 Å². The van der Waals surface area contributed by atoms with Crippen LogP contribution in [-0.2, 0) is 4.79 Å². The molecule has 1 amide bonds. The number of hydrogen-bond donors (Lipinski definition) is 1. The molecule has 1 atom stereocenters. The Balaban J connectivity index is 1.76. The largest absolute Gasteiger partial charge is 0.497 e. The van der Waals surface area contributed by atoms with Gasteiger partial charge in [-0.1, -0.05) is 36.0 Å². The number of carbonyl (C=O) groups excluding carboxylic acids is 1. The second-order valence-corrected chi connectivity index (χ2v) is 7.61. The van der Waals surface area contributed by atoms with Crippen LogP contribution in [0.15, 0.2) is 60.0 Å². The fourth-order valence-corrected chi connectivity index (χ4v) is 3.67. The highest BCUT2D eigenvalue weighted by molar-refractivity contribution is 8.00. The lowest BCUT2D eigenvalue weighted by Gasteiger charge is -2.16. The van der Waals surface area contributed by atoms with Gasteiger partial charge in [0.15, 0.2) is 5.16 Å². The van der Waals surface area contributed by atoms with E-state index in [1.807, 2.05) is 74.0 Å². The van der Waals surface area contributed by atoms with Crippen LogP contribution in [0.25, 0.3) is 5.69 Å². The highest BCUT2D eigenvalue weighted by atomic mass is 32.2. The Morgan fingerprint density at radius 3 is 2.59 bits per heavy atom. The van der Waals surface area contributed by atoms with Gasteiger partial charge in [0.1, 0.15) is 5.75 Å². The van der Waals surface area contributed by atoms with Gasteiger partial charge in [-0.2, -0.15) is 0 Å². The topological polar surface area (TPSA) is 56.2 Å². The summed E-state index contributed by atoms with van der Waals surface area (Å²) in [6.07, 6.45) is 3.62. The Morgan fingerprint density at radius 1 is 1.19 bits per heavy atom. The van der Waals surface area contributed by atoms with Crippen LogP contribution >= 0.6 is 11.8 Å². The summed E-state index contributed by atoms with van der Waals surface area (Å²) < 4.78 is 7.25. The van der Waals surface area contributed by atoms with E-state index in [2.05, 4.69) is 10.3 Å². The van der Waals surface area contributed by atoms with Gasteiger partial charge in [0.2, 0.25) is 5.91 Å². The van der Waals surface area contributed by atoms with E-state index < -0.39 is 0 Å². The summed E-state index contributed by atoms with van der Waals surface area (Å²) in [5.74, 6) is 0.732. The molecule has 6 heteroatoms. The minimum absolute atomic E-state index is 0.0439. The SMILES string of the molecule is COc1cccc(-n2ccnc2SC(C)C(=O)Nc2c(C)cccc2C)c1. The molecule has 0 aliphatic heterocycles. The Kier molecular flexibility index (Phi) is 5.86. The van der Waals surface area contributed by atoms with Crippen molar-refractivity contribution in [1.29, 1.82) is 0 Å². The molecule has 0 fully saturated rings. The number of amides is 1. The number of imidazole rings is 1. The smallest absolute Gasteiger partial charge is 0.237 e. The number of para-hydroxylation sites is 1. The molecule has 0 saturated heterocycles. The molecule has 27 heavy (non-hydrogen) atoms. The predicted molar refractivity (Wildman–Crippen MR) is 110 cm³/mol. The average Bonchev–Trinajstić information content (AvgIpc) is 3.12. The standard InChI is InChI=1S/C21H23N3O2S/c1-14-7-5-8-15(2)19(14)23-20(25)16(3)27-21-22-11-12-24(21)17-9-6-10-18(13-17)26-4/h5-13,16H,1-4H3,(H,23,25). The molecular formula is C21H23N3O2S. The zero-order chi connectivity index (χ0) is 19.4. The molecule has 1 heterocycles. The Labute approximate surface area is 163 Å². The molecule has 140 valence electrons. The highest BCUT2D eigenvalue weighted by Gasteiger charge is 2.19. The first kappa shape index (κ1) is 19.0. The molecule has 0 aliphatic rings. The molecular weight excluding hydrogens is 358 g/mol. The van der Waals surface area contributed by atoms with Gasteiger partial charge in [-0.15, -0.1) is 0 Å². The number of ether oxygens (including phenoxy) is 1. The second kappa shape index (κ2) is 8.31. The molecule has 0 spiro atoms. The number of nitrogens with zero attached hydrogens (tertiary/aromatic N) is 2. The van der Waals surface area contributed by atoms with E-state index in [4.69, 9.17) is 4.74 Å². The second-order valence-electron chi connectivity index (χ2n) is 6.30. The third-order valence-electron chi connectivity index (χ3n) is 4.32. The number of aryl methyl sites for hydroxylation is 2. The zero-order valence-corrected chi connectivity index (χ0v) is 16.7. The maximum atomic E-state index is 12.7. The van der Waals surface area contributed by atoms with Gasteiger partial charge in [0.05, 0.1) is 18.0 Å². The van der Waals surface area contributed by atoms with Gasteiger partial charge in [-0.05, 0) is 44.0 Å². The number of anilines is 1. The monoisotopic (exact) mass is 381 g/mol. The summed E-state index contributed by atoms with van der Waals surface area (Å²) in [6, 6.07) is 13.7. The van der Waals surface area contributed by atoms with Gasteiger partial charge in [0, 0.05) is 24.1 Å². The number of benzene rings is 2. The summed E-state index contributed by atoms with van der Waals surface area (Å²) in [7, 11) is 1.64. The van der Waals surface area contributed by atoms with Gasteiger partial charge in [0.25, 0.3) is 0 Å². The van der Waals surface area contributed by atoms with Gasteiger partial charge in [-0.25, -0.2) is 4.98 Å². The van der Waals surface area contributed by atoms with Crippen molar-refractivity contribution in [2.45, 2.75) is 31.2 Å². The molecule has 1 aromatic heterocycles. The highest BCUT2D eigenvalue weighted by Crippen LogP contribution is 2.27. The van der Waals surface area contributed by atoms with Crippen molar-refractivity contribution in [3.8, 4) is 11.4 Å². The number of nitrogens with one attached hydrogen (secondary N) is 1. The number of carbonyl (C=O) groups is 1. The Bertz CT molecular complexity index is 932. The molecule has 2 aromatic carbocycles. The minimum Gasteiger partial charge on any atom is -0.497 e. The molecule has 0 bridgehead atoms. The Morgan fingerprint density at radius 2 is 1.89 bits per heavy atom. The Hall–Kier alpha value is -2.73. The fourth-order valence-electron chi connectivity index (χ4n) is 2.78. The lowest BCUT2D eigenvalue weighted by atomic mass is 10.1. The van der Waals surface area contributed by atoms with E-state index in [0.29, 0.717) is 0 Å². The van der Waals surface area contributed by atoms with Gasteiger partial charge < -0.3 is 10.1 Å². The summed E-state index contributed by atoms with van der Waals surface area (Å²) in [5, 5.41) is 3.51. The molecule has 3 rings (SSSR count). The van der Waals surface area contributed by atoms with Crippen LogP contribution in [0.5, 0.6) is 5.75 Å². The zero-order valence-electron chi connectivity index (χ0n) is 15.9. The van der Waals surface area contributed by atoms with E-state index in [9.17, 15) is 4.79 Å². The van der Waals surface area contributed by atoms with E-state index in [0.717, 1.165) is 33.4 Å². The molecule has 1 unspecified atom stereocenters. The normalized spacial score (nSPS) is 11.9. The number of aromatic nitrogens is 2. The number of methoxy groups -OCH3 is 1. The summed E-state index contributed by atoms with van der Waals surface area (Å²) in [5.41, 5.74) is 3.93. The van der Waals surface area contributed by atoms with Crippen LogP contribution in [0.1, 0.15) is 18.1 Å². The number of thioether (sulfide) groups is 1. The fraction of sp³-hybridized carbons (Fsp3) is 0.238. The van der Waals surface area contributed by atoms with Crippen molar-refractivity contribution >= 4 is 23.4 Å². The van der Waals surface area contributed by atoms with Crippen LogP contribution in [0.3, 0.4) is 0 Å². The van der Waals surface area contributed by atoms with Crippen LogP contribution in [-0.4, -0.2) is 27.8 Å². The third kappa shape index (κ3) is 4.34. The molecule has 0 aliphatic carbocycles. The van der Waals surface area contributed by atoms with Crippen LogP contribution in [0, 0.1) is 13.8 Å². The molecule has 0 saturated carbocycles. The average molecular weight is 382 g/mol. The van der Waals surface area contributed by atoms with Crippen molar-refractivity contribution < 1.29 is 9.53 Å². The number of hydrogen-bond acceptors (Lipinski definition) is 4. The van der Waals surface area contributed by atoms with Crippen molar-refractivity contribution in [2.75, 3.05) is 12.4 Å². The summed E-state index contributed by atoms with van der Waals surface area (Å²) in [4.78, 5) is 17.1. The van der Waals surface area contributed by atoms with Crippen LogP contribution < -0.4 is 10.1 Å². The summed E-state index contributed by atoms with van der Waals surface area (Å²) in [6.45, 7) is 5.88. The predicted octanol–water partition coefficient (Wildman–Crippen LogP) is 4.62. The van der Waals surface area contributed by atoms with Crippen molar-refractivity contribution in [2.24, 2.45) is 0 Å². The van der Waals surface area contributed by atoms with Gasteiger partial charge in [-0.3, -0.25) is 9.36 Å². The first-order chi connectivity index (χ1) is 13.0. The van der Waals surface area contributed by atoms with Crippen molar-refractivity contribution in [3.05, 3.63) is 66.0 Å². The lowest BCUT2D eigenvalue weighted by molar-refractivity contribution is -0.115. The molecule has 1 N–H and O–H groups in total. The van der Waals surface area contributed by atoms with Crippen molar-refractivity contribution in [1.82, 2.24) is 9.55 Å². The van der Waals surface area contributed by atoms with E-state index in [1.165, 1.54) is 11.8 Å².